The van der Waals surface area contributed by atoms with Gasteiger partial charge in [-0.05, 0) is 18.8 Å². The summed E-state index contributed by atoms with van der Waals surface area (Å²) < 4.78 is 11.7. The molecule has 1 N–H and O–H groups in total. The Kier molecular flexibility index (Phi) is 8.27. The fourth-order valence-corrected chi connectivity index (χ4v) is 4.00. The zero-order valence-corrected chi connectivity index (χ0v) is 11.6. The van der Waals surface area contributed by atoms with E-state index in [1.807, 2.05) is 0 Å². The average Bonchev–Trinajstić information content (AvgIpc) is 2.64. The molecule has 0 aliphatic heterocycles. The van der Waals surface area contributed by atoms with Crippen molar-refractivity contribution >= 4 is 7.37 Å². The van der Waals surface area contributed by atoms with Gasteiger partial charge in [-0.25, -0.2) is 0 Å². The van der Waals surface area contributed by atoms with Crippen LogP contribution >= 0.6 is 7.37 Å². The van der Waals surface area contributed by atoms with Crippen LogP contribution in [0.3, 0.4) is 0 Å². The number of hydrogen-bond acceptors (Lipinski definition) is 1. The third kappa shape index (κ3) is 6.79. The molecule has 2 nitrogen and oxygen atoms in total. The average molecular weight is 274 g/mol. The topological polar surface area (TPSA) is 37.3 Å². The summed E-state index contributed by atoms with van der Waals surface area (Å²) in [6, 6.07) is 0. The van der Waals surface area contributed by atoms with Crippen molar-refractivity contribution in [2.45, 2.75) is 51.9 Å². The first-order chi connectivity index (χ1) is 6.64. The van der Waals surface area contributed by atoms with Gasteiger partial charge in [-0.1, -0.05) is 39.0 Å². The molecule has 0 saturated heterocycles. The standard InChI is InChI=1S/C11H23O2P.Fe/c1-2-3-9-14(12,13)10-8-11-6-4-5-7-11;/h11H,2-10H2,1H3,(H,12,13);. The van der Waals surface area contributed by atoms with Gasteiger partial charge in [-0.3, -0.25) is 4.57 Å². The van der Waals surface area contributed by atoms with E-state index in [0.717, 1.165) is 25.2 Å². The van der Waals surface area contributed by atoms with E-state index in [1.54, 1.807) is 0 Å². The van der Waals surface area contributed by atoms with E-state index >= 15 is 0 Å². The first-order valence-electron chi connectivity index (χ1n) is 5.95. The fraction of sp³-hybridized carbons (Fsp3) is 1.00. The van der Waals surface area contributed by atoms with Crippen molar-refractivity contribution in [3.8, 4) is 0 Å². The molecule has 15 heavy (non-hydrogen) atoms. The summed E-state index contributed by atoms with van der Waals surface area (Å²) in [4.78, 5) is 9.66. The van der Waals surface area contributed by atoms with Crippen molar-refractivity contribution in [2.24, 2.45) is 5.92 Å². The predicted molar refractivity (Wildman–Crippen MR) is 61.0 cm³/mol. The second kappa shape index (κ2) is 7.90. The molecule has 0 heterocycles. The quantitative estimate of drug-likeness (QED) is 0.593. The summed E-state index contributed by atoms with van der Waals surface area (Å²) in [5.74, 6) is 0.747. The third-order valence-electron chi connectivity index (χ3n) is 3.22. The largest absolute Gasteiger partial charge is 0.344 e. The Morgan fingerprint density at radius 3 is 2.40 bits per heavy atom. The van der Waals surface area contributed by atoms with Gasteiger partial charge in [-0.2, -0.15) is 0 Å². The minimum atomic E-state index is -2.76. The molecule has 0 aromatic carbocycles. The van der Waals surface area contributed by atoms with Crippen LogP contribution in [-0.2, 0) is 21.6 Å². The van der Waals surface area contributed by atoms with Crippen LogP contribution in [0.15, 0.2) is 0 Å². The molecule has 1 aliphatic carbocycles. The zero-order valence-electron chi connectivity index (χ0n) is 9.60. The van der Waals surface area contributed by atoms with Gasteiger partial charge in [0.25, 0.3) is 0 Å². The smallest absolute Gasteiger partial charge is 0.200 e. The molecule has 1 saturated carbocycles. The molecular formula is C11H23FeO2P. The Hall–Kier alpha value is 0.709. The Morgan fingerprint density at radius 2 is 1.87 bits per heavy atom. The van der Waals surface area contributed by atoms with Crippen LogP contribution in [-0.4, -0.2) is 17.2 Å². The summed E-state index contributed by atoms with van der Waals surface area (Å²) in [5.41, 5.74) is 0. The Balaban J connectivity index is 0.00000196. The molecule has 0 radical (unpaired) electrons. The zero-order chi connectivity index (χ0) is 10.4. The van der Waals surface area contributed by atoms with E-state index in [9.17, 15) is 9.46 Å². The predicted octanol–water partition coefficient (Wildman–Crippen LogP) is 3.63. The molecule has 0 bridgehead atoms. The molecule has 0 aromatic rings. The van der Waals surface area contributed by atoms with Crippen molar-refractivity contribution in [1.29, 1.82) is 0 Å². The molecule has 0 spiro atoms. The van der Waals surface area contributed by atoms with E-state index in [1.165, 1.54) is 25.7 Å². The van der Waals surface area contributed by atoms with Crippen LogP contribution in [0.5, 0.6) is 0 Å². The van der Waals surface area contributed by atoms with Crippen molar-refractivity contribution < 1.29 is 26.5 Å². The molecule has 1 fully saturated rings. The maximum atomic E-state index is 11.7. The maximum absolute atomic E-state index is 11.7. The van der Waals surface area contributed by atoms with Crippen LogP contribution in [0.25, 0.3) is 0 Å². The summed E-state index contributed by atoms with van der Waals surface area (Å²) >= 11 is 0. The van der Waals surface area contributed by atoms with Crippen molar-refractivity contribution in [3.63, 3.8) is 0 Å². The normalized spacial score (nSPS) is 20.9. The molecule has 92 valence electrons. The Labute approximate surface area is 104 Å². The second-order valence-electron chi connectivity index (χ2n) is 4.59. The second-order valence-corrected chi connectivity index (χ2v) is 7.17. The van der Waals surface area contributed by atoms with Gasteiger partial charge in [0, 0.05) is 29.4 Å². The van der Waals surface area contributed by atoms with Gasteiger partial charge in [0.1, 0.15) is 0 Å². The van der Waals surface area contributed by atoms with Gasteiger partial charge < -0.3 is 4.89 Å². The maximum Gasteiger partial charge on any atom is 0.200 e. The van der Waals surface area contributed by atoms with E-state index in [4.69, 9.17) is 0 Å². The van der Waals surface area contributed by atoms with Gasteiger partial charge >= 0.3 is 0 Å². The fourth-order valence-electron chi connectivity index (χ4n) is 2.20. The van der Waals surface area contributed by atoms with Crippen LogP contribution in [0.4, 0.5) is 0 Å². The van der Waals surface area contributed by atoms with Crippen molar-refractivity contribution in [3.05, 3.63) is 0 Å². The van der Waals surface area contributed by atoms with E-state index in [0.29, 0.717) is 12.3 Å². The molecule has 1 rings (SSSR count). The van der Waals surface area contributed by atoms with Gasteiger partial charge in [-0.15, -0.1) is 0 Å². The van der Waals surface area contributed by atoms with Gasteiger partial charge in [0.2, 0.25) is 7.37 Å². The van der Waals surface area contributed by atoms with E-state index in [2.05, 4.69) is 6.92 Å². The van der Waals surface area contributed by atoms with E-state index < -0.39 is 7.37 Å². The molecule has 1 unspecified atom stereocenters. The Morgan fingerprint density at radius 1 is 1.27 bits per heavy atom. The van der Waals surface area contributed by atoms with Crippen LogP contribution in [0.1, 0.15) is 51.9 Å². The summed E-state index contributed by atoms with van der Waals surface area (Å²) in [6.07, 6.45) is 9.24. The minimum Gasteiger partial charge on any atom is -0.344 e. The van der Waals surface area contributed by atoms with Crippen molar-refractivity contribution in [2.75, 3.05) is 12.3 Å². The molecule has 0 amide bonds. The summed E-state index contributed by atoms with van der Waals surface area (Å²) in [5, 5.41) is 0. The first kappa shape index (κ1) is 15.7. The number of rotatable bonds is 6. The third-order valence-corrected chi connectivity index (χ3v) is 5.19. The summed E-state index contributed by atoms with van der Waals surface area (Å²) in [7, 11) is -2.76. The molecular weight excluding hydrogens is 251 g/mol. The number of unbranched alkanes of at least 4 members (excludes halogenated alkanes) is 1. The van der Waals surface area contributed by atoms with Crippen LogP contribution in [0, 0.1) is 5.92 Å². The molecule has 0 aromatic heterocycles. The molecule has 4 heteroatoms. The van der Waals surface area contributed by atoms with Gasteiger partial charge in [0.15, 0.2) is 0 Å². The minimum absolute atomic E-state index is 0. The molecule has 1 aliphatic rings. The first-order valence-corrected chi connectivity index (χ1v) is 7.98. The SMILES string of the molecule is CCCCP(=O)(O)CCC1CCCC1.[Fe]. The van der Waals surface area contributed by atoms with Crippen LogP contribution < -0.4 is 0 Å². The van der Waals surface area contributed by atoms with Crippen molar-refractivity contribution in [1.82, 2.24) is 0 Å². The van der Waals surface area contributed by atoms with Gasteiger partial charge in [0.05, 0.1) is 0 Å². The Bertz CT molecular complexity index is 203. The number of hydrogen-bond donors (Lipinski definition) is 1. The molecule has 1 atom stereocenters. The monoisotopic (exact) mass is 274 g/mol. The summed E-state index contributed by atoms with van der Waals surface area (Å²) in [6.45, 7) is 2.07. The van der Waals surface area contributed by atoms with E-state index in [-0.39, 0.29) is 17.1 Å². The van der Waals surface area contributed by atoms with Crippen LogP contribution in [0.2, 0.25) is 0 Å².